The lowest BCUT2D eigenvalue weighted by Gasteiger charge is -2.40. The van der Waals surface area contributed by atoms with Gasteiger partial charge < -0.3 is 14.5 Å². The maximum absolute atomic E-state index is 13.9. The first-order chi connectivity index (χ1) is 16.2. The molecule has 1 spiro atoms. The molecule has 5 rings (SSSR count). The molecular weight excluding hydrogens is 408 g/mol. The number of carbonyl (C=O) groups is 1. The SMILES string of the molecule is COc1ccc(CN2C(=O)C3(CCN(CC4CCCCCCC4)CC3)c3ccccc32)cc1. The lowest BCUT2D eigenvalue weighted by Crippen LogP contribution is -2.49. The van der Waals surface area contributed by atoms with E-state index in [0.29, 0.717) is 12.5 Å². The first-order valence-corrected chi connectivity index (χ1v) is 13.0. The average Bonchev–Trinajstić information content (AvgIpc) is 3.05. The van der Waals surface area contributed by atoms with Crippen LogP contribution in [0.3, 0.4) is 0 Å². The molecule has 0 aromatic heterocycles. The molecule has 2 aromatic rings. The molecule has 0 radical (unpaired) electrons. The summed E-state index contributed by atoms with van der Waals surface area (Å²) in [7, 11) is 1.68. The molecule has 1 saturated carbocycles. The van der Waals surface area contributed by atoms with Gasteiger partial charge in [-0.15, -0.1) is 0 Å². The predicted octanol–water partition coefficient (Wildman–Crippen LogP) is 5.94. The molecule has 2 aromatic carbocycles. The number of amides is 1. The molecule has 1 amide bonds. The van der Waals surface area contributed by atoms with E-state index in [4.69, 9.17) is 4.74 Å². The van der Waals surface area contributed by atoms with Gasteiger partial charge >= 0.3 is 0 Å². The van der Waals surface area contributed by atoms with Crippen LogP contribution in [-0.4, -0.2) is 37.6 Å². The first-order valence-electron chi connectivity index (χ1n) is 13.0. The van der Waals surface area contributed by atoms with Gasteiger partial charge in [-0.25, -0.2) is 0 Å². The van der Waals surface area contributed by atoms with E-state index >= 15 is 0 Å². The Labute approximate surface area is 198 Å². The summed E-state index contributed by atoms with van der Waals surface area (Å²) in [4.78, 5) is 18.6. The Kier molecular flexibility index (Phi) is 6.73. The second-order valence-electron chi connectivity index (χ2n) is 10.4. The van der Waals surface area contributed by atoms with Crippen molar-refractivity contribution in [3.05, 3.63) is 59.7 Å². The molecule has 2 fully saturated rings. The second kappa shape index (κ2) is 9.89. The molecule has 33 heavy (non-hydrogen) atoms. The van der Waals surface area contributed by atoms with E-state index in [9.17, 15) is 4.79 Å². The molecule has 1 aliphatic carbocycles. The van der Waals surface area contributed by atoms with E-state index in [1.165, 1.54) is 57.1 Å². The molecule has 3 aliphatic rings. The molecule has 4 heteroatoms. The summed E-state index contributed by atoms with van der Waals surface area (Å²) in [5.74, 6) is 1.99. The van der Waals surface area contributed by atoms with Gasteiger partial charge in [-0.2, -0.15) is 0 Å². The van der Waals surface area contributed by atoms with Gasteiger partial charge in [0.1, 0.15) is 5.75 Å². The fourth-order valence-corrected chi connectivity index (χ4v) is 6.36. The number of hydrogen-bond donors (Lipinski definition) is 0. The van der Waals surface area contributed by atoms with Gasteiger partial charge in [0.05, 0.1) is 19.1 Å². The lowest BCUT2D eigenvalue weighted by molar-refractivity contribution is -0.125. The zero-order chi connectivity index (χ0) is 22.7. The zero-order valence-corrected chi connectivity index (χ0v) is 20.1. The van der Waals surface area contributed by atoms with Crippen LogP contribution in [0.4, 0.5) is 5.69 Å². The minimum Gasteiger partial charge on any atom is -0.497 e. The van der Waals surface area contributed by atoms with Crippen molar-refractivity contribution in [3.8, 4) is 5.75 Å². The minimum absolute atomic E-state index is 0.296. The molecule has 0 N–H and O–H groups in total. The van der Waals surface area contributed by atoms with Crippen LogP contribution in [0.15, 0.2) is 48.5 Å². The van der Waals surface area contributed by atoms with Crippen molar-refractivity contribution in [2.24, 2.45) is 5.92 Å². The van der Waals surface area contributed by atoms with Crippen molar-refractivity contribution in [2.45, 2.75) is 69.7 Å². The number of hydrogen-bond acceptors (Lipinski definition) is 3. The van der Waals surface area contributed by atoms with Crippen molar-refractivity contribution in [1.29, 1.82) is 0 Å². The van der Waals surface area contributed by atoms with E-state index in [0.717, 1.165) is 48.8 Å². The number of para-hydroxylation sites is 1. The fourth-order valence-electron chi connectivity index (χ4n) is 6.36. The lowest BCUT2D eigenvalue weighted by atomic mass is 9.73. The summed E-state index contributed by atoms with van der Waals surface area (Å²) in [5.41, 5.74) is 3.14. The average molecular weight is 447 g/mol. The van der Waals surface area contributed by atoms with Crippen LogP contribution in [0, 0.1) is 5.92 Å². The highest BCUT2D eigenvalue weighted by Crippen LogP contribution is 2.48. The molecule has 176 valence electrons. The van der Waals surface area contributed by atoms with Crippen molar-refractivity contribution < 1.29 is 9.53 Å². The van der Waals surface area contributed by atoms with Gasteiger partial charge in [0.15, 0.2) is 0 Å². The summed E-state index contributed by atoms with van der Waals surface area (Å²) >= 11 is 0. The summed E-state index contributed by atoms with van der Waals surface area (Å²) < 4.78 is 5.30. The van der Waals surface area contributed by atoms with Crippen molar-refractivity contribution >= 4 is 11.6 Å². The molecule has 0 bridgehead atoms. The van der Waals surface area contributed by atoms with Gasteiger partial charge in [-0.1, -0.05) is 62.4 Å². The Balaban J connectivity index is 1.29. The smallest absolute Gasteiger partial charge is 0.238 e. The summed E-state index contributed by atoms with van der Waals surface area (Å²) in [6.45, 7) is 3.91. The molecule has 0 unspecified atom stereocenters. The number of likely N-dealkylation sites (tertiary alicyclic amines) is 1. The number of fused-ring (bicyclic) bond motifs is 2. The normalized spacial score (nSPS) is 21.6. The molecule has 2 heterocycles. The highest BCUT2D eigenvalue weighted by atomic mass is 16.5. The summed E-state index contributed by atoms with van der Waals surface area (Å²) in [6.07, 6.45) is 11.7. The van der Waals surface area contributed by atoms with Crippen LogP contribution in [0.1, 0.15) is 68.9 Å². The Morgan fingerprint density at radius 3 is 2.27 bits per heavy atom. The van der Waals surface area contributed by atoms with Gasteiger partial charge in [-0.05, 0) is 74.0 Å². The number of benzene rings is 2. The van der Waals surface area contributed by atoms with Gasteiger partial charge in [0, 0.05) is 12.2 Å². The van der Waals surface area contributed by atoms with Crippen LogP contribution < -0.4 is 9.64 Å². The third-order valence-corrected chi connectivity index (χ3v) is 8.32. The van der Waals surface area contributed by atoms with Crippen LogP contribution in [0.5, 0.6) is 5.75 Å². The van der Waals surface area contributed by atoms with Gasteiger partial charge in [-0.3, -0.25) is 4.79 Å². The largest absolute Gasteiger partial charge is 0.497 e. The molecule has 4 nitrogen and oxygen atoms in total. The zero-order valence-electron chi connectivity index (χ0n) is 20.1. The van der Waals surface area contributed by atoms with Crippen LogP contribution in [0.25, 0.3) is 0 Å². The fraction of sp³-hybridized carbons (Fsp3) is 0.552. The molecular formula is C29H38N2O2. The number of nitrogens with zero attached hydrogens (tertiary/aromatic N) is 2. The predicted molar refractivity (Wildman–Crippen MR) is 134 cm³/mol. The summed E-state index contributed by atoms with van der Waals surface area (Å²) in [6, 6.07) is 16.6. The van der Waals surface area contributed by atoms with E-state index < -0.39 is 0 Å². The molecule has 1 saturated heterocycles. The van der Waals surface area contributed by atoms with Crippen molar-refractivity contribution in [2.75, 3.05) is 31.6 Å². The highest BCUT2D eigenvalue weighted by Gasteiger charge is 2.51. The van der Waals surface area contributed by atoms with Gasteiger partial charge in [0.2, 0.25) is 5.91 Å². The quantitative estimate of drug-likeness (QED) is 0.570. The minimum atomic E-state index is -0.347. The molecule has 0 atom stereocenters. The Morgan fingerprint density at radius 2 is 1.58 bits per heavy atom. The standard InChI is InChI=1S/C29H38N2O2/c1-33-25-15-13-24(14-16-25)22-31-27-12-8-7-11-26(27)29(28(31)32)17-19-30(20-18-29)21-23-9-5-3-2-4-6-10-23/h7-8,11-16,23H,2-6,9-10,17-22H2,1H3. The third-order valence-electron chi connectivity index (χ3n) is 8.32. The number of ether oxygens (including phenoxy) is 1. The van der Waals surface area contributed by atoms with Crippen molar-refractivity contribution in [1.82, 2.24) is 4.90 Å². The first kappa shape index (κ1) is 22.5. The number of rotatable bonds is 5. The van der Waals surface area contributed by atoms with Crippen LogP contribution >= 0.6 is 0 Å². The van der Waals surface area contributed by atoms with Crippen LogP contribution in [-0.2, 0) is 16.8 Å². The maximum atomic E-state index is 13.9. The van der Waals surface area contributed by atoms with Crippen LogP contribution in [0.2, 0.25) is 0 Å². The maximum Gasteiger partial charge on any atom is 0.238 e. The van der Waals surface area contributed by atoms with E-state index in [1.807, 2.05) is 17.0 Å². The monoisotopic (exact) mass is 446 g/mol. The highest BCUT2D eigenvalue weighted by molar-refractivity contribution is 6.08. The van der Waals surface area contributed by atoms with E-state index in [1.54, 1.807) is 7.11 Å². The topological polar surface area (TPSA) is 32.8 Å². The third kappa shape index (κ3) is 4.55. The summed E-state index contributed by atoms with van der Waals surface area (Å²) in [5, 5.41) is 0. The molecule has 2 aliphatic heterocycles. The number of piperidine rings is 1. The van der Waals surface area contributed by atoms with E-state index in [-0.39, 0.29) is 5.41 Å². The van der Waals surface area contributed by atoms with Gasteiger partial charge in [0.25, 0.3) is 0 Å². The second-order valence-corrected chi connectivity index (χ2v) is 10.4. The Hall–Kier alpha value is -2.33. The van der Waals surface area contributed by atoms with E-state index in [2.05, 4.69) is 41.3 Å². The number of anilines is 1. The van der Waals surface area contributed by atoms with Crippen molar-refractivity contribution in [3.63, 3.8) is 0 Å². The number of methoxy groups -OCH3 is 1. The number of carbonyl (C=O) groups excluding carboxylic acids is 1. The Morgan fingerprint density at radius 1 is 0.909 bits per heavy atom. The Bertz CT molecular complexity index is 938.